The highest BCUT2D eigenvalue weighted by Gasteiger charge is 2.30. The van der Waals surface area contributed by atoms with Crippen molar-refractivity contribution >= 4 is 33.6 Å². The molecule has 0 aromatic rings. The largest absolute Gasteiger partial charge is 0.472 e. The molecule has 0 aliphatic heterocycles. The molecule has 18 heteroatoms. The quantitative estimate of drug-likeness (QED) is 0.0146. The molecule has 0 saturated carbocycles. The Hall–Kier alpha value is -4.83. The van der Waals surface area contributed by atoms with Crippen molar-refractivity contribution in [3.63, 3.8) is 0 Å². The first-order valence-corrected chi connectivity index (χ1v) is 60.8. The molecule has 0 radical (unpaired) electrons. The van der Waals surface area contributed by atoms with Crippen LogP contribution in [-0.2, 0) is 55.8 Å². The third kappa shape index (κ3) is 113. The highest BCUT2D eigenvalue weighted by molar-refractivity contribution is 7.47. The number of allylic oxidation sites excluding steroid dienone is 26. The van der Waals surface area contributed by atoms with Crippen LogP contribution in [0.15, 0.2) is 158 Å². The summed E-state index contributed by atoms with van der Waals surface area (Å²) in [5, 5.41) is 20.9. The number of unbranched alkanes of at least 4 members (excludes halogenated alkanes) is 61. The molecule has 804 valence electrons. The highest BCUT2D eigenvalue weighted by atomic mass is 31.2. The molecule has 0 aliphatic rings. The smallest absolute Gasteiger partial charge is 0.463 e. The summed E-state index contributed by atoms with van der Waals surface area (Å²) in [5.41, 5.74) is 0. The minimum absolute atomic E-state index is 0.106. The predicted molar refractivity (Wildman–Crippen MR) is 592 cm³/mol. The van der Waals surface area contributed by atoms with Crippen molar-refractivity contribution in [2.45, 2.75) is 553 Å². The molecule has 139 heavy (non-hydrogen) atoms. The maximum Gasteiger partial charge on any atom is 0.472 e. The van der Waals surface area contributed by atoms with E-state index in [-0.39, 0.29) is 19.3 Å². The van der Waals surface area contributed by atoms with Gasteiger partial charge in [-0.05, 0) is 154 Å². The second-order valence-electron chi connectivity index (χ2n) is 38.9. The van der Waals surface area contributed by atoms with Gasteiger partial charge in [-0.1, -0.05) is 519 Å². The Bertz CT molecular complexity index is 3160. The summed E-state index contributed by atoms with van der Waals surface area (Å²) in [6.07, 6.45) is 148. The van der Waals surface area contributed by atoms with Crippen molar-refractivity contribution in [3.05, 3.63) is 158 Å². The number of hydrogen-bond acceptors (Lipinski definition) is 14. The van der Waals surface area contributed by atoms with Gasteiger partial charge in [-0.15, -0.1) is 0 Å². The lowest BCUT2D eigenvalue weighted by Crippen LogP contribution is -2.30. The summed E-state index contributed by atoms with van der Waals surface area (Å²) in [7, 11) is -9.82. The monoisotopic (exact) mass is 1990 g/mol. The van der Waals surface area contributed by atoms with Crippen LogP contribution in [0.1, 0.15) is 534 Å². The lowest BCUT2D eigenvalue weighted by atomic mass is 10.0. The van der Waals surface area contributed by atoms with E-state index >= 15 is 0 Å². The molecule has 0 amide bonds. The molecule has 0 aliphatic carbocycles. The van der Waals surface area contributed by atoms with Crippen LogP contribution in [0.3, 0.4) is 0 Å². The number of esters is 3. The van der Waals surface area contributed by atoms with Gasteiger partial charge in [0, 0.05) is 19.3 Å². The van der Waals surface area contributed by atoms with Crippen molar-refractivity contribution < 1.29 is 75.8 Å². The van der Waals surface area contributed by atoms with E-state index in [9.17, 15) is 43.5 Å². The number of carbonyl (C=O) groups is 3. The second-order valence-corrected chi connectivity index (χ2v) is 41.8. The number of carbonyl (C=O) groups excluding carboxylic acids is 3. The number of phosphoric acid groups is 2. The van der Waals surface area contributed by atoms with Gasteiger partial charge in [0.2, 0.25) is 0 Å². The van der Waals surface area contributed by atoms with Gasteiger partial charge in [-0.2, -0.15) is 0 Å². The average Bonchev–Trinajstić information content (AvgIpc) is 0.891. The second kappa shape index (κ2) is 112. The van der Waals surface area contributed by atoms with Crippen LogP contribution in [-0.4, -0.2) is 95.9 Å². The Morgan fingerprint density at radius 2 is 0.381 bits per heavy atom. The zero-order chi connectivity index (χ0) is 101. The Balaban J connectivity index is 4.58. The van der Waals surface area contributed by atoms with Crippen LogP contribution in [0.2, 0.25) is 0 Å². The van der Waals surface area contributed by atoms with Gasteiger partial charge in [-0.3, -0.25) is 32.5 Å². The molecule has 5 unspecified atom stereocenters. The number of aliphatic hydroxyl groups excluding tert-OH is 2. The number of aliphatic hydroxyl groups is 2. The minimum Gasteiger partial charge on any atom is -0.463 e. The molecule has 0 spiro atoms. The number of ether oxygens (including phenoxy) is 3. The zero-order valence-electron chi connectivity index (χ0n) is 89.6. The molecular weight excluding hydrogens is 1770 g/mol. The Morgan fingerprint density at radius 1 is 0.209 bits per heavy atom. The predicted octanol–water partition coefficient (Wildman–Crippen LogP) is 37.5. The van der Waals surface area contributed by atoms with Crippen LogP contribution in [0.4, 0.5) is 0 Å². The van der Waals surface area contributed by atoms with Crippen molar-refractivity contribution in [1.82, 2.24) is 0 Å². The fourth-order valence-electron chi connectivity index (χ4n) is 16.5. The molecule has 0 heterocycles. The third-order valence-electron chi connectivity index (χ3n) is 25.2. The van der Waals surface area contributed by atoms with Crippen LogP contribution in [0.25, 0.3) is 0 Å². The van der Waals surface area contributed by atoms with Crippen molar-refractivity contribution in [3.8, 4) is 0 Å². The van der Waals surface area contributed by atoms with Gasteiger partial charge >= 0.3 is 33.6 Å². The van der Waals surface area contributed by atoms with Gasteiger partial charge in [0.1, 0.15) is 25.4 Å². The zero-order valence-corrected chi connectivity index (χ0v) is 91.4. The molecule has 16 nitrogen and oxygen atoms in total. The molecule has 0 aromatic carbocycles. The lowest BCUT2D eigenvalue weighted by Gasteiger charge is -2.21. The minimum atomic E-state index is -4.95. The first kappa shape index (κ1) is 134. The summed E-state index contributed by atoms with van der Waals surface area (Å²) in [6, 6.07) is 0. The standard InChI is InChI=1S/C121H214O16P2/c1-4-7-10-13-16-19-22-25-28-31-34-37-40-43-46-49-52-55-57-60-62-65-68-71-74-77-80-83-86-89-92-95-98-101-104-107-119(124)131-110-116(122)111-133-138(127,128)134-112-117(123)113-135-139(129,130)136-115-118(137-121(126)109-106-103-100-97-94-91-88-85-82-79-76-73-70-67-64-59-54-51-48-45-42-39-36-33-30-27-24-21-18-15-12-9-6-3)114-132-120(125)108-105-102-99-96-93-90-87-84-81-78-75-72-69-66-63-61-58-56-53-50-47-44-41-38-35-32-29-26-23-20-17-14-11-8-5-2/h7,10,16-21,25-30,34-39,43-48,116-118,122-123H,4-6,8-9,11-15,22-24,31-33,40-42,49-115H2,1-3H3,(H,127,128)(H,129,130)/b10-7-,19-16-,20-17-,21-18-,28-25-,29-26-,30-27-,37-34-,38-35-,39-36-,46-43-,47-44-,48-45-. The van der Waals surface area contributed by atoms with E-state index < -0.39 is 91.5 Å². The summed E-state index contributed by atoms with van der Waals surface area (Å²) in [5.74, 6) is -1.54. The number of hydrogen-bond donors (Lipinski definition) is 4. The molecule has 0 aromatic heterocycles. The van der Waals surface area contributed by atoms with E-state index in [0.717, 1.165) is 135 Å². The topological polar surface area (TPSA) is 231 Å². The molecule has 0 fully saturated rings. The lowest BCUT2D eigenvalue weighted by molar-refractivity contribution is -0.161. The fraction of sp³-hybridized carbons (Fsp3) is 0.760. The van der Waals surface area contributed by atoms with Crippen molar-refractivity contribution in [2.75, 3.05) is 39.6 Å². The summed E-state index contributed by atoms with van der Waals surface area (Å²) < 4.78 is 61.9. The number of rotatable bonds is 110. The number of phosphoric ester groups is 2. The van der Waals surface area contributed by atoms with Crippen LogP contribution >= 0.6 is 15.6 Å². The van der Waals surface area contributed by atoms with Gasteiger partial charge in [0.05, 0.1) is 26.4 Å². The summed E-state index contributed by atoms with van der Waals surface area (Å²) in [6.45, 7) is 2.64. The normalized spacial score (nSPS) is 14.1. The Kier molecular flexibility index (Phi) is 108. The first-order valence-electron chi connectivity index (χ1n) is 57.8. The van der Waals surface area contributed by atoms with E-state index in [2.05, 4.69) is 179 Å². The van der Waals surface area contributed by atoms with Crippen LogP contribution in [0.5, 0.6) is 0 Å². The van der Waals surface area contributed by atoms with E-state index in [1.165, 1.54) is 340 Å². The molecular formula is C121H214O16P2. The summed E-state index contributed by atoms with van der Waals surface area (Å²) >= 11 is 0. The van der Waals surface area contributed by atoms with Gasteiger partial charge in [0.25, 0.3) is 0 Å². The van der Waals surface area contributed by atoms with Gasteiger partial charge in [-0.25, -0.2) is 9.13 Å². The first-order chi connectivity index (χ1) is 68.2. The van der Waals surface area contributed by atoms with E-state index in [1.54, 1.807) is 0 Å². The SMILES string of the molecule is CC/C=C\C/C=C\C/C=C\C/C=C\C/C=C\CCCCCCCCCCCCCCCCCCCCCC(=O)OCC(O)COP(=O)(O)OCC(O)COP(=O)(O)OCC(COC(=O)CCCCCCCCCCCCCCCCCCCCC/C=C\C/C=C\C/C=C\C/C=C\CCCCC)OC(=O)CCCCCCCCCCCCCCCCCCC/C=C\C/C=C\C/C=C\C/C=C\CCCCC. The van der Waals surface area contributed by atoms with Crippen molar-refractivity contribution in [1.29, 1.82) is 0 Å². The molecule has 4 N–H and O–H groups in total. The third-order valence-corrected chi connectivity index (χ3v) is 27.1. The van der Waals surface area contributed by atoms with Crippen LogP contribution < -0.4 is 0 Å². The molecule has 0 saturated heterocycles. The Morgan fingerprint density at radius 3 is 0.604 bits per heavy atom. The molecule has 5 atom stereocenters. The Labute approximate surface area is 854 Å². The molecule has 0 bridgehead atoms. The van der Waals surface area contributed by atoms with Gasteiger partial charge in [0.15, 0.2) is 6.10 Å². The maximum atomic E-state index is 13.2. The average molecular weight is 1990 g/mol. The van der Waals surface area contributed by atoms with Crippen LogP contribution in [0, 0.1) is 0 Å². The van der Waals surface area contributed by atoms with E-state index in [4.69, 9.17) is 32.3 Å². The maximum absolute atomic E-state index is 13.2. The van der Waals surface area contributed by atoms with Crippen molar-refractivity contribution in [2.24, 2.45) is 0 Å². The highest BCUT2D eigenvalue weighted by Crippen LogP contribution is 2.45. The van der Waals surface area contributed by atoms with Gasteiger partial charge < -0.3 is 34.2 Å². The summed E-state index contributed by atoms with van der Waals surface area (Å²) in [4.78, 5) is 59.4. The van der Waals surface area contributed by atoms with E-state index in [1.807, 2.05) is 0 Å². The molecule has 0 rings (SSSR count). The van der Waals surface area contributed by atoms with E-state index in [0.29, 0.717) is 19.3 Å². The fourth-order valence-corrected chi connectivity index (χ4v) is 18.1.